The van der Waals surface area contributed by atoms with E-state index in [1.165, 1.54) is 11.8 Å². The van der Waals surface area contributed by atoms with Crippen LogP contribution in [0.1, 0.15) is 33.6 Å². The standard InChI is InChI=1S/C9H18O3S/c1-4-9(3,12)6-13-7(2)5-8(10)11/h7,12H,4-6H2,1-3H3,(H,10,11). The Morgan fingerprint density at radius 3 is 2.54 bits per heavy atom. The summed E-state index contributed by atoms with van der Waals surface area (Å²) in [5.74, 6) is -0.186. The van der Waals surface area contributed by atoms with Crippen molar-refractivity contribution in [3.05, 3.63) is 0 Å². The maximum atomic E-state index is 10.3. The van der Waals surface area contributed by atoms with Crippen molar-refractivity contribution in [3.8, 4) is 0 Å². The Morgan fingerprint density at radius 1 is 1.62 bits per heavy atom. The van der Waals surface area contributed by atoms with Crippen LogP contribution in [0.15, 0.2) is 0 Å². The van der Waals surface area contributed by atoms with Gasteiger partial charge in [-0.15, -0.1) is 0 Å². The van der Waals surface area contributed by atoms with E-state index in [-0.39, 0.29) is 11.7 Å². The molecule has 0 aliphatic carbocycles. The molecule has 0 saturated carbocycles. The number of aliphatic carboxylic acids is 1. The molecule has 3 nitrogen and oxygen atoms in total. The highest BCUT2D eigenvalue weighted by molar-refractivity contribution is 7.99. The van der Waals surface area contributed by atoms with Gasteiger partial charge < -0.3 is 10.2 Å². The Hall–Kier alpha value is -0.220. The van der Waals surface area contributed by atoms with Crippen LogP contribution in [0.2, 0.25) is 0 Å². The van der Waals surface area contributed by atoms with E-state index < -0.39 is 11.6 Å². The second-order valence-corrected chi connectivity index (χ2v) is 5.00. The molecule has 0 aromatic carbocycles. The molecule has 0 rings (SSSR count). The third-order valence-corrected chi connectivity index (χ3v) is 3.43. The fraction of sp³-hybridized carbons (Fsp3) is 0.889. The predicted octanol–water partition coefficient (Wildman–Crippen LogP) is 1.74. The van der Waals surface area contributed by atoms with Crippen LogP contribution in [-0.4, -0.2) is 32.8 Å². The fourth-order valence-corrected chi connectivity index (χ4v) is 1.84. The third-order valence-electron chi connectivity index (χ3n) is 1.90. The van der Waals surface area contributed by atoms with Gasteiger partial charge in [-0.1, -0.05) is 13.8 Å². The molecule has 0 heterocycles. The minimum atomic E-state index is -0.781. The summed E-state index contributed by atoms with van der Waals surface area (Å²) in [4.78, 5) is 10.3. The monoisotopic (exact) mass is 206 g/mol. The summed E-state index contributed by atoms with van der Waals surface area (Å²) in [5.41, 5.74) is -0.669. The molecule has 0 aliphatic rings. The number of thioether (sulfide) groups is 1. The zero-order chi connectivity index (χ0) is 10.5. The zero-order valence-electron chi connectivity index (χ0n) is 8.41. The molecular formula is C9H18O3S. The van der Waals surface area contributed by atoms with Crippen LogP contribution < -0.4 is 0 Å². The molecule has 0 radical (unpaired) electrons. The first kappa shape index (κ1) is 12.8. The van der Waals surface area contributed by atoms with Crippen molar-refractivity contribution in [1.82, 2.24) is 0 Å². The lowest BCUT2D eigenvalue weighted by Crippen LogP contribution is -2.27. The van der Waals surface area contributed by atoms with Crippen LogP contribution >= 0.6 is 11.8 Å². The molecule has 0 saturated heterocycles. The van der Waals surface area contributed by atoms with Crippen LogP contribution in [-0.2, 0) is 4.79 Å². The topological polar surface area (TPSA) is 57.5 Å². The van der Waals surface area contributed by atoms with Gasteiger partial charge in [-0.05, 0) is 13.3 Å². The van der Waals surface area contributed by atoms with Crippen molar-refractivity contribution >= 4 is 17.7 Å². The average Bonchev–Trinajstić information content (AvgIpc) is 2.00. The highest BCUT2D eigenvalue weighted by Gasteiger charge is 2.19. The lowest BCUT2D eigenvalue weighted by molar-refractivity contribution is -0.136. The van der Waals surface area contributed by atoms with Crippen LogP contribution in [0, 0.1) is 0 Å². The molecule has 4 heteroatoms. The Bertz CT molecular complexity index is 168. The van der Waals surface area contributed by atoms with Gasteiger partial charge in [0.25, 0.3) is 0 Å². The number of rotatable bonds is 6. The van der Waals surface area contributed by atoms with Gasteiger partial charge in [-0.2, -0.15) is 11.8 Å². The summed E-state index contributed by atoms with van der Waals surface area (Å²) >= 11 is 1.51. The van der Waals surface area contributed by atoms with E-state index in [4.69, 9.17) is 5.11 Å². The van der Waals surface area contributed by atoms with Crippen LogP contribution in [0.4, 0.5) is 0 Å². The summed E-state index contributed by atoms with van der Waals surface area (Å²) in [6.45, 7) is 5.56. The molecule has 0 amide bonds. The highest BCUT2D eigenvalue weighted by atomic mass is 32.2. The summed E-state index contributed by atoms with van der Waals surface area (Å²) in [7, 11) is 0. The predicted molar refractivity (Wildman–Crippen MR) is 55.1 cm³/mol. The second kappa shape index (κ2) is 5.50. The van der Waals surface area contributed by atoms with Crippen LogP contribution in [0.5, 0.6) is 0 Å². The minimum absolute atomic E-state index is 0.0653. The molecular weight excluding hydrogens is 188 g/mol. The van der Waals surface area contributed by atoms with Crippen LogP contribution in [0.25, 0.3) is 0 Å². The zero-order valence-corrected chi connectivity index (χ0v) is 9.23. The first-order valence-corrected chi connectivity index (χ1v) is 5.48. The van der Waals surface area contributed by atoms with Crippen molar-refractivity contribution in [2.24, 2.45) is 0 Å². The van der Waals surface area contributed by atoms with E-state index in [0.717, 1.165) is 0 Å². The number of carbonyl (C=O) groups is 1. The largest absolute Gasteiger partial charge is 0.481 e. The van der Waals surface area contributed by atoms with Crippen molar-refractivity contribution in [2.45, 2.75) is 44.5 Å². The number of carboxylic acid groups (broad SMARTS) is 1. The van der Waals surface area contributed by atoms with Crippen molar-refractivity contribution < 1.29 is 15.0 Å². The molecule has 0 spiro atoms. The summed E-state index contributed by atoms with van der Waals surface area (Å²) in [6.07, 6.45) is 0.851. The number of hydrogen-bond donors (Lipinski definition) is 2. The molecule has 0 fully saturated rings. The minimum Gasteiger partial charge on any atom is -0.481 e. The van der Waals surface area contributed by atoms with E-state index in [1.54, 1.807) is 6.92 Å². The quantitative estimate of drug-likeness (QED) is 0.695. The Labute approximate surface area is 83.5 Å². The maximum Gasteiger partial charge on any atom is 0.304 e. The third kappa shape index (κ3) is 6.90. The van der Waals surface area contributed by atoms with Crippen LogP contribution in [0.3, 0.4) is 0 Å². The van der Waals surface area contributed by atoms with E-state index >= 15 is 0 Å². The summed E-state index contributed by atoms with van der Waals surface area (Å²) in [6, 6.07) is 0. The molecule has 0 aromatic rings. The molecule has 13 heavy (non-hydrogen) atoms. The molecule has 78 valence electrons. The smallest absolute Gasteiger partial charge is 0.304 e. The number of carboxylic acids is 1. The van der Waals surface area contributed by atoms with Gasteiger partial charge in [0.15, 0.2) is 0 Å². The SMILES string of the molecule is CCC(C)(O)CSC(C)CC(=O)O. The van der Waals surface area contributed by atoms with Crippen molar-refractivity contribution in [2.75, 3.05) is 5.75 Å². The lowest BCUT2D eigenvalue weighted by atomic mass is 10.1. The lowest BCUT2D eigenvalue weighted by Gasteiger charge is -2.22. The molecule has 0 aromatic heterocycles. The molecule has 2 unspecified atom stereocenters. The van der Waals surface area contributed by atoms with Crippen molar-refractivity contribution in [3.63, 3.8) is 0 Å². The normalized spacial score (nSPS) is 17.8. The van der Waals surface area contributed by atoms with Gasteiger partial charge >= 0.3 is 5.97 Å². The van der Waals surface area contributed by atoms with Gasteiger partial charge in [0, 0.05) is 11.0 Å². The van der Waals surface area contributed by atoms with Gasteiger partial charge in [-0.3, -0.25) is 4.79 Å². The van der Waals surface area contributed by atoms with Gasteiger partial charge in [0.05, 0.1) is 12.0 Å². The van der Waals surface area contributed by atoms with E-state index in [1.807, 2.05) is 13.8 Å². The number of hydrogen-bond acceptors (Lipinski definition) is 3. The highest BCUT2D eigenvalue weighted by Crippen LogP contribution is 2.21. The van der Waals surface area contributed by atoms with E-state index in [0.29, 0.717) is 12.2 Å². The van der Waals surface area contributed by atoms with E-state index in [2.05, 4.69) is 0 Å². The van der Waals surface area contributed by atoms with Gasteiger partial charge in [-0.25, -0.2) is 0 Å². The van der Waals surface area contributed by atoms with Crippen molar-refractivity contribution in [1.29, 1.82) is 0 Å². The molecule has 0 aliphatic heterocycles. The van der Waals surface area contributed by atoms with Gasteiger partial charge in [0.1, 0.15) is 0 Å². The molecule has 2 atom stereocenters. The summed E-state index contributed by atoms with van der Waals surface area (Å²) in [5, 5.41) is 18.2. The first-order valence-electron chi connectivity index (χ1n) is 4.43. The average molecular weight is 206 g/mol. The first-order chi connectivity index (χ1) is 5.87. The van der Waals surface area contributed by atoms with E-state index in [9.17, 15) is 9.90 Å². The molecule has 2 N–H and O–H groups in total. The Kier molecular flexibility index (Phi) is 5.40. The number of aliphatic hydroxyl groups is 1. The molecule has 0 bridgehead atoms. The van der Waals surface area contributed by atoms with Gasteiger partial charge in [0.2, 0.25) is 0 Å². The maximum absolute atomic E-state index is 10.3. The Morgan fingerprint density at radius 2 is 2.15 bits per heavy atom. The fourth-order valence-electron chi connectivity index (χ4n) is 0.729. The second-order valence-electron chi connectivity index (χ2n) is 3.57. The Balaban J connectivity index is 3.69. The summed E-state index contributed by atoms with van der Waals surface area (Å²) < 4.78 is 0.